The van der Waals surface area contributed by atoms with Crippen molar-refractivity contribution >= 4 is 34.6 Å². The number of rotatable bonds is 6. The highest BCUT2D eigenvalue weighted by Crippen LogP contribution is 2.28. The number of imidazole rings is 1. The number of hydrogen-bond donors (Lipinski definition) is 1. The van der Waals surface area contributed by atoms with Crippen LogP contribution in [0.3, 0.4) is 0 Å². The molecule has 36 heavy (non-hydrogen) atoms. The van der Waals surface area contributed by atoms with Crippen LogP contribution in [0.2, 0.25) is 0 Å². The molecule has 2 heterocycles. The second-order valence-electron chi connectivity index (χ2n) is 9.24. The number of nitrogens with one attached hydrogen (secondary N) is 1. The number of aryl methyl sites for hydroxylation is 1. The molecule has 0 unspecified atom stereocenters. The summed E-state index contributed by atoms with van der Waals surface area (Å²) >= 11 is 0. The van der Waals surface area contributed by atoms with Gasteiger partial charge in [-0.15, -0.1) is 0 Å². The highest BCUT2D eigenvalue weighted by atomic mass is 16.6. The van der Waals surface area contributed by atoms with Crippen LogP contribution >= 0.6 is 0 Å². The molecule has 0 spiro atoms. The van der Waals surface area contributed by atoms with Gasteiger partial charge in [0.25, 0.3) is 5.91 Å². The van der Waals surface area contributed by atoms with E-state index < -0.39 is 0 Å². The van der Waals surface area contributed by atoms with Gasteiger partial charge in [0, 0.05) is 44.3 Å². The van der Waals surface area contributed by atoms with E-state index >= 15 is 0 Å². The molecule has 9 nitrogen and oxygen atoms in total. The van der Waals surface area contributed by atoms with Gasteiger partial charge in [0.15, 0.2) is 0 Å². The molecule has 0 bridgehead atoms. The molecule has 1 N–H and O–H groups in total. The van der Waals surface area contributed by atoms with Gasteiger partial charge in [-0.1, -0.05) is 44.2 Å². The van der Waals surface area contributed by atoms with Crippen LogP contribution in [0.25, 0.3) is 11.0 Å². The summed E-state index contributed by atoms with van der Waals surface area (Å²) in [5, 5.41) is 2.92. The zero-order valence-electron chi connectivity index (χ0n) is 21.3. The second-order valence-corrected chi connectivity index (χ2v) is 9.24. The Hall–Kier alpha value is -3.88. The van der Waals surface area contributed by atoms with Crippen molar-refractivity contribution in [2.24, 2.45) is 5.92 Å². The maximum Gasteiger partial charge on any atom is 0.409 e. The number of benzene rings is 2. The van der Waals surface area contributed by atoms with Crippen molar-refractivity contribution in [2.75, 3.05) is 38.1 Å². The third-order valence-corrected chi connectivity index (χ3v) is 6.33. The van der Waals surface area contributed by atoms with Gasteiger partial charge in [-0.3, -0.25) is 9.59 Å². The summed E-state index contributed by atoms with van der Waals surface area (Å²) in [7, 11) is 0. The fourth-order valence-corrected chi connectivity index (χ4v) is 4.34. The number of carbonyl (C=O) groups is 3. The van der Waals surface area contributed by atoms with Crippen molar-refractivity contribution in [3.63, 3.8) is 0 Å². The van der Waals surface area contributed by atoms with E-state index in [0.717, 1.165) is 16.9 Å². The number of piperazine rings is 1. The van der Waals surface area contributed by atoms with E-state index in [-0.39, 0.29) is 23.8 Å². The summed E-state index contributed by atoms with van der Waals surface area (Å²) in [5.74, 6) is 0.296. The largest absolute Gasteiger partial charge is 0.450 e. The molecule has 1 aliphatic heterocycles. The minimum Gasteiger partial charge on any atom is -0.450 e. The van der Waals surface area contributed by atoms with Crippen LogP contribution in [-0.2, 0) is 16.1 Å². The maximum absolute atomic E-state index is 13.8. The standard InChI is InChI=1S/C27H33N5O4/c1-5-36-27(35)31-13-11-30(12-14-31)26(34)22-15-21(29-25(33)18(2)3)16-23-24(22)32(19(4)28-23)17-20-9-7-6-8-10-20/h6-10,15-16,18H,5,11-14,17H2,1-4H3,(H,29,33). The van der Waals surface area contributed by atoms with E-state index in [1.165, 1.54) is 0 Å². The van der Waals surface area contributed by atoms with E-state index in [0.29, 0.717) is 56.1 Å². The number of hydrogen-bond acceptors (Lipinski definition) is 5. The van der Waals surface area contributed by atoms with Crippen LogP contribution in [0.5, 0.6) is 0 Å². The quantitative estimate of drug-likeness (QED) is 0.564. The highest BCUT2D eigenvalue weighted by molar-refractivity contribution is 6.08. The molecule has 3 aromatic rings. The Morgan fingerprint density at radius 3 is 2.33 bits per heavy atom. The van der Waals surface area contributed by atoms with Gasteiger partial charge in [-0.2, -0.15) is 0 Å². The van der Waals surface area contributed by atoms with Crippen LogP contribution in [0.15, 0.2) is 42.5 Å². The molecule has 1 aliphatic rings. The fraction of sp³-hybridized carbons (Fsp3) is 0.407. The van der Waals surface area contributed by atoms with Crippen molar-refractivity contribution in [3.8, 4) is 0 Å². The number of ether oxygens (including phenoxy) is 1. The first-order valence-electron chi connectivity index (χ1n) is 12.3. The first-order valence-corrected chi connectivity index (χ1v) is 12.3. The minimum absolute atomic E-state index is 0.128. The third kappa shape index (κ3) is 5.35. The van der Waals surface area contributed by atoms with Crippen molar-refractivity contribution in [3.05, 3.63) is 59.4 Å². The SMILES string of the molecule is CCOC(=O)N1CCN(C(=O)c2cc(NC(=O)C(C)C)cc3nc(C)n(Cc4ccccc4)c23)CC1. The molecule has 0 aliphatic carbocycles. The fourth-order valence-electron chi connectivity index (χ4n) is 4.34. The molecule has 0 atom stereocenters. The Kier molecular flexibility index (Phi) is 7.57. The van der Waals surface area contributed by atoms with Crippen LogP contribution in [0.1, 0.15) is 42.5 Å². The number of aromatic nitrogens is 2. The lowest BCUT2D eigenvalue weighted by Crippen LogP contribution is -2.50. The molecule has 0 saturated carbocycles. The lowest BCUT2D eigenvalue weighted by molar-refractivity contribution is -0.118. The van der Waals surface area contributed by atoms with Gasteiger partial charge >= 0.3 is 6.09 Å². The van der Waals surface area contributed by atoms with Gasteiger partial charge in [0.05, 0.1) is 23.2 Å². The normalized spacial score (nSPS) is 13.8. The first kappa shape index (κ1) is 25.2. The molecule has 4 rings (SSSR count). The summed E-state index contributed by atoms with van der Waals surface area (Å²) in [6.07, 6.45) is -0.359. The summed E-state index contributed by atoms with van der Waals surface area (Å²) in [5.41, 5.74) is 3.50. The summed E-state index contributed by atoms with van der Waals surface area (Å²) in [6, 6.07) is 13.6. The molecule has 0 radical (unpaired) electrons. The van der Waals surface area contributed by atoms with E-state index in [1.54, 1.807) is 22.8 Å². The molecule has 9 heteroatoms. The molecular formula is C27H33N5O4. The maximum atomic E-state index is 13.8. The van der Waals surface area contributed by atoms with E-state index in [1.807, 2.05) is 61.7 Å². The predicted octanol–water partition coefficient (Wildman–Crippen LogP) is 3.90. The van der Waals surface area contributed by atoms with Crippen LogP contribution < -0.4 is 5.32 Å². The van der Waals surface area contributed by atoms with Crippen molar-refractivity contribution in [1.29, 1.82) is 0 Å². The van der Waals surface area contributed by atoms with Crippen molar-refractivity contribution in [1.82, 2.24) is 19.4 Å². The second kappa shape index (κ2) is 10.8. The lowest BCUT2D eigenvalue weighted by Gasteiger charge is -2.34. The molecule has 2 aromatic carbocycles. The average Bonchev–Trinajstić information content (AvgIpc) is 3.18. The summed E-state index contributed by atoms with van der Waals surface area (Å²) in [6.45, 7) is 9.81. The van der Waals surface area contributed by atoms with E-state index in [4.69, 9.17) is 9.72 Å². The average molecular weight is 492 g/mol. The van der Waals surface area contributed by atoms with Crippen LogP contribution in [0.4, 0.5) is 10.5 Å². The number of amides is 3. The van der Waals surface area contributed by atoms with Gasteiger partial charge < -0.3 is 24.4 Å². The summed E-state index contributed by atoms with van der Waals surface area (Å²) < 4.78 is 7.14. The third-order valence-electron chi connectivity index (χ3n) is 6.33. The van der Waals surface area contributed by atoms with Crippen molar-refractivity contribution < 1.29 is 19.1 Å². The lowest BCUT2D eigenvalue weighted by atomic mass is 10.1. The Morgan fingerprint density at radius 2 is 1.69 bits per heavy atom. The molecule has 1 fully saturated rings. The number of fused-ring (bicyclic) bond motifs is 1. The van der Waals surface area contributed by atoms with Gasteiger partial charge in [0.1, 0.15) is 5.82 Å². The predicted molar refractivity (Wildman–Crippen MR) is 138 cm³/mol. The van der Waals surface area contributed by atoms with E-state index in [2.05, 4.69) is 5.32 Å². The highest BCUT2D eigenvalue weighted by Gasteiger charge is 2.28. The topological polar surface area (TPSA) is 96.8 Å². The zero-order chi connectivity index (χ0) is 25.8. The van der Waals surface area contributed by atoms with Crippen LogP contribution in [-0.4, -0.2) is 70.0 Å². The van der Waals surface area contributed by atoms with Gasteiger partial charge in [-0.25, -0.2) is 9.78 Å². The zero-order valence-corrected chi connectivity index (χ0v) is 21.3. The van der Waals surface area contributed by atoms with Crippen molar-refractivity contribution in [2.45, 2.75) is 34.2 Å². The van der Waals surface area contributed by atoms with Gasteiger partial charge in [-0.05, 0) is 31.5 Å². The number of nitrogens with zero attached hydrogens (tertiary/aromatic N) is 4. The van der Waals surface area contributed by atoms with E-state index in [9.17, 15) is 14.4 Å². The smallest absolute Gasteiger partial charge is 0.409 e. The Balaban J connectivity index is 1.71. The Bertz CT molecular complexity index is 1260. The Morgan fingerprint density at radius 1 is 1.03 bits per heavy atom. The molecule has 3 amide bonds. The molecular weight excluding hydrogens is 458 g/mol. The monoisotopic (exact) mass is 491 g/mol. The minimum atomic E-state index is -0.359. The number of anilines is 1. The number of carbonyl (C=O) groups excluding carboxylic acids is 3. The molecule has 1 aromatic heterocycles. The first-order chi connectivity index (χ1) is 17.3. The Labute approximate surface area is 211 Å². The molecule has 190 valence electrons. The van der Waals surface area contributed by atoms with Crippen LogP contribution in [0, 0.1) is 12.8 Å². The summed E-state index contributed by atoms with van der Waals surface area (Å²) in [4.78, 5) is 46.4. The molecule has 1 saturated heterocycles. The van der Waals surface area contributed by atoms with Gasteiger partial charge in [0.2, 0.25) is 5.91 Å².